The Hall–Kier alpha value is -3.55. The molecule has 0 bridgehead atoms. The number of benzene rings is 1. The number of pyridine rings is 1. The van der Waals surface area contributed by atoms with Gasteiger partial charge in [-0.2, -0.15) is 4.98 Å². The van der Waals surface area contributed by atoms with Crippen molar-refractivity contribution < 1.29 is 28.1 Å². The van der Waals surface area contributed by atoms with Crippen LogP contribution < -0.4 is 15.4 Å². The summed E-state index contributed by atoms with van der Waals surface area (Å²) in [6.45, 7) is 5.41. The Morgan fingerprint density at radius 2 is 1.82 bits per heavy atom. The van der Waals surface area contributed by atoms with Crippen molar-refractivity contribution in [3.63, 3.8) is 0 Å². The topological polar surface area (TPSA) is 125 Å². The van der Waals surface area contributed by atoms with Crippen LogP contribution in [0.1, 0.15) is 44.0 Å². The van der Waals surface area contributed by atoms with Gasteiger partial charge in [-0.3, -0.25) is 4.98 Å². The molecule has 5 atom stereocenters. The van der Waals surface area contributed by atoms with E-state index < -0.39 is 18.6 Å². The summed E-state index contributed by atoms with van der Waals surface area (Å²) in [4.78, 5) is 18.3. The predicted molar refractivity (Wildman–Crippen MR) is 146 cm³/mol. The van der Waals surface area contributed by atoms with Crippen LogP contribution in [0.5, 0.6) is 5.75 Å². The van der Waals surface area contributed by atoms with Crippen LogP contribution in [-0.2, 0) is 0 Å². The fourth-order valence-electron chi connectivity index (χ4n) is 4.90. The minimum absolute atomic E-state index is 0.0469. The van der Waals surface area contributed by atoms with Gasteiger partial charge in [-0.15, -0.1) is 24.5 Å². The first kappa shape index (κ1) is 28.0. The Kier molecular flexibility index (Phi) is 7.80. The van der Waals surface area contributed by atoms with E-state index in [1.807, 2.05) is 19.9 Å². The maximum absolute atomic E-state index is 12.5. The molecule has 1 aliphatic carbocycles. The molecule has 0 spiro atoms. The van der Waals surface area contributed by atoms with Gasteiger partial charge in [0.2, 0.25) is 5.95 Å². The van der Waals surface area contributed by atoms with Gasteiger partial charge in [-0.25, -0.2) is 9.97 Å². The molecule has 0 amide bonds. The summed E-state index contributed by atoms with van der Waals surface area (Å²) < 4.78 is 42.5. The Labute approximate surface area is 232 Å². The SMILES string of the molecule is Cc1nc(N[C@H](C)c2ccc(OC(F)(F)F)cc2)nc(N[C@@H]2C[C@@H](C(C)O)C[C@H]2O)c1-c1nc2cnccc2s1. The summed E-state index contributed by atoms with van der Waals surface area (Å²) in [6, 6.07) is 6.80. The van der Waals surface area contributed by atoms with E-state index in [4.69, 9.17) is 9.97 Å². The molecule has 0 aliphatic heterocycles. The number of nitrogens with one attached hydrogen (secondary N) is 2. The summed E-state index contributed by atoms with van der Waals surface area (Å²) in [7, 11) is 0. The van der Waals surface area contributed by atoms with Crippen molar-refractivity contribution in [1.29, 1.82) is 0 Å². The average Bonchev–Trinajstić information content (AvgIpc) is 3.46. The summed E-state index contributed by atoms with van der Waals surface area (Å²) in [6.07, 6.45) is -1.55. The molecular weight excluding hydrogens is 545 g/mol. The van der Waals surface area contributed by atoms with E-state index in [0.717, 1.165) is 10.2 Å². The number of aliphatic hydroxyl groups excluding tert-OH is 2. The van der Waals surface area contributed by atoms with Gasteiger partial charge in [0.1, 0.15) is 22.1 Å². The minimum atomic E-state index is -4.76. The molecule has 9 nitrogen and oxygen atoms in total. The van der Waals surface area contributed by atoms with Gasteiger partial charge in [-0.1, -0.05) is 12.1 Å². The van der Waals surface area contributed by atoms with Gasteiger partial charge < -0.3 is 25.6 Å². The number of thiazole rings is 1. The van der Waals surface area contributed by atoms with E-state index in [9.17, 15) is 23.4 Å². The highest BCUT2D eigenvalue weighted by Crippen LogP contribution is 2.38. The first-order valence-corrected chi connectivity index (χ1v) is 13.6. The molecule has 1 unspecified atom stereocenters. The van der Waals surface area contributed by atoms with Crippen molar-refractivity contribution >= 4 is 33.3 Å². The lowest BCUT2D eigenvalue weighted by Crippen LogP contribution is -2.29. The zero-order valence-electron chi connectivity index (χ0n) is 22.0. The van der Waals surface area contributed by atoms with Crippen LogP contribution in [0.3, 0.4) is 0 Å². The van der Waals surface area contributed by atoms with E-state index in [0.29, 0.717) is 46.4 Å². The molecular formula is C27H29F3N6O3S. The van der Waals surface area contributed by atoms with E-state index >= 15 is 0 Å². The van der Waals surface area contributed by atoms with Gasteiger partial charge in [0, 0.05) is 6.20 Å². The van der Waals surface area contributed by atoms with Gasteiger partial charge in [0.15, 0.2) is 0 Å². The number of hydrogen-bond acceptors (Lipinski definition) is 10. The van der Waals surface area contributed by atoms with E-state index in [1.165, 1.54) is 23.5 Å². The molecule has 13 heteroatoms. The van der Waals surface area contributed by atoms with Crippen molar-refractivity contribution in [2.45, 2.75) is 64.3 Å². The molecule has 4 N–H and O–H groups in total. The van der Waals surface area contributed by atoms with Crippen molar-refractivity contribution in [3.05, 3.63) is 54.0 Å². The zero-order valence-corrected chi connectivity index (χ0v) is 22.8. The van der Waals surface area contributed by atoms with Crippen LogP contribution in [0.2, 0.25) is 0 Å². The monoisotopic (exact) mass is 574 g/mol. The molecule has 1 saturated carbocycles. The molecule has 3 aromatic heterocycles. The van der Waals surface area contributed by atoms with Crippen LogP contribution in [0.25, 0.3) is 20.8 Å². The summed E-state index contributed by atoms with van der Waals surface area (Å²) >= 11 is 1.48. The first-order valence-electron chi connectivity index (χ1n) is 12.8. The van der Waals surface area contributed by atoms with Crippen molar-refractivity contribution in [3.8, 4) is 16.3 Å². The van der Waals surface area contributed by atoms with Gasteiger partial charge in [0.05, 0.1) is 46.4 Å². The summed E-state index contributed by atoms with van der Waals surface area (Å²) in [5.41, 5.74) is 2.80. The number of halogens is 3. The predicted octanol–water partition coefficient (Wildman–Crippen LogP) is 5.46. The third-order valence-electron chi connectivity index (χ3n) is 7.02. The maximum Gasteiger partial charge on any atom is 0.573 e. The first-order chi connectivity index (χ1) is 19.0. The number of nitrogens with zero attached hydrogens (tertiary/aromatic N) is 4. The summed E-state index contributed by atoms with van der Waals surface area (Å²) in [5.74, 6) is 0.435. The van der Waals surface area contributed by atoms with Crippen molar-refractivity contribution in [2.75, 3.05) is 10.6 Å². The Morgan fingerprint density at radius 3 is 2.48 bits per heavy atom. The highest BCUT2D eigenvalue weighted by Gasteiger charge is 2.36. The van der Waals surface area contributed by atoms with E-state index in [2.05, 4.69) is 25.3 Å². The number of alkyl halides is 3. The molecule has 40 heavy (non-hydrogen) atoms. The minimum Gasteiger partial charge on any atom is -0.406 e. The number of aromatic nitrogens is 4. The van der Waals surface area contributed by atoms with Gasteiger partial charge >= 0.3 is 6.36 Å². The molecule has 4 aromatic rings. The standard InChI is InChI=1S/C27H29F3N6O3S/c1-13(16-4-6-18(7-5-16)39-27(28,29)30)32-26-33-14(2)23(25-35-20-12-31-9-8-22(20)40-25)24(36-26)34-19-10-17(15(3)37)11-21(19)38/h4-9,12-13,15,17,19,21,37-38H,10-11H2,1-3H3,(H2,32,33,34,36)/t13-,15?,17-,19-,21-/m1/s1. The number of aliphatic hydroxyl groups is 2. The van der Waals surface area contributed by atoms with Crippen LogP contribution in [0.15, 0.2) is 42.7 Å². The summed E-state index contributed by atoms with van der Waals surface area (Å²) in [5, 5.41) is 28.1. The van der Waals surface area contributed by atoms with Crippen LogP contribution in [0, 0.1) is 12.8 Å². The number of fused-ring (bicyclic) bond motifs is 1. The lowest BCUT2D eigenvalue weighted by molar-refractivity contribution is -0.274. The van der Waals surface area contributed by atoms with Crippen LogP contribution in [0.4, 0.5) is 24.9 Å². The number of ether oxygens (including phenoxy) is 1. The lowest BCUT2D eigenvalue weighted by atomic mass is 10.0. The largest absolute Gasteiger partial charge is 0.573 e. The van der Waals surface area contributed by atoms with Crippen LogP contribution in [-0.4, -0.2) is 54.8 Å². The average molecular weight is 575 g/mol. The Balaban J connectivity index is 1.45. The van der Waals surface area contributed by atoms with Gasteiger partial charge in [-0.05, 0) is 63.3 Å². The second-order valence-electron chi connectivity index (χ2n) is 9.99. The molecule has 5 rings (SSSR count). The highest BCUT2D eigenvalue weighted by atomic mass is 32.1. The second-order valence-corrected chi connectivity index (χ2v) is 11.0. The number of hydrogen-bond donors (Lipinski definition) is 4. The molecule has 1 fully saturated rings. The van der Waals surface area contributed by atoms with Crippen LogP contribution >= 0.6 is 11.3 Å². The maximum atomic E-state index is 12.5. The van der Waals surface area contributed by atoms with E-state index in [-0.39, 0.29) is 23.8 Å². The normalized spacial score (nSPS) is 20.9. The number of anilines is 2. The van der Waals surface area contributed by atoms with Gasteiger partial charge in [0.25, 0.3) is 0 Å². The molecule has 1 aliphatic rings. The number of rotatable bonds is 8. The zero-order chi connectivity index (χ0) is 28.6. The fourth-order valence-corrected chi connectivity index (χ4v) is 5.93. The highest BCUT2D eigenvalue weighted by molar-refractivity contribution is 7.21. The smallest absolute Gasteiger partial charge is 0.406 e. The molecule has 3 heterocycles. The third-order valence-corrected chi connectivity index (χ3v) is 8.08. The molecule has 212 valence electrons. The molecule has 0 saturated heterocycles. The molecule has 1 aromatic carbocycles. The van der Waals surface area contributed by atoms with Crippen molar-refractivity contribution in [1.82, 2.24) is 19.9 Å². The van der Waals surface area contributed by atoms with Crippen molar-refractivity contribution in [2.24, 2.45) is 5.92 Å². The fraction of sp³-hybridized carbons (Fsp3) is 0.407. The number of aryl methyl sites for hydroxylation is 1. The lowest BCUT2D eigenvalue weighted by Gasteiger charge is -2.22. The van der Waals surface area contributed by atoms with E-state index in [1.54, 1.807) is 31.5 Å². The Bertz CT molecular complexity index is 1450. The third kappa shape index (κ3) is 6.26. The molecule has 0 radical (unpaired) electrons. The Morgan fingerprint density at radius 1 is 1.07 bits per heavy atom. The second kappa shape index (κ2) is 11.1. The quantitative estimate of drug-likeness (QED) is 0.217.